The Morgan fingerprint density at radius 2 is 1.15 bits per heavy atom. The second-order valence-electron chi connectivity index (χ2n) is 6.55. The van der Waals surface area contributed by atoms with E-state index in [1.807, 2.05) is 0 Å². The first kappa shape index (κ1) is 24.9. The fraction of sp³-hybridized carbons (Fsp3) is 1.00. The molecule has 0 rings (SSSR count). The van der Waals surface area contributed by atoms with Crippen molar-refractivity contribution in [3.63, 3.8) is 0 Å². The monoisotopic (exact) mass is 288 g/mol. The Balaban J connectivity index is -0.000000277. The molecule has 1 nitrogen and oxygen atoms in total. The zero-order chi connectivity index (χ0) is 15.1. The zero-order valence-electron chi connectivity index (χ0n) is 14.5. The maximum Gasteiger partial charge on any atom is 0.0563 e. The minimum absolute atomic E-state index is 0. The van der Waals surface area contributed by atoms with E-state index in [9.17, 15) is 5.11 Å². The molecular weight excluding hydrogens is 244 g/mol. The third-order valence-corrected chi connectivity index (χ3v) is 3.51. The lowest BCUT2D eigenvalue weighted by molar-refractivity contribution is 0.113. The molecular formula is C19H44O. The Labute approximate surface area is 130 Å². The maximum atomic E-state index is 9.35. The second kappa shape index (κ2) is 19.0. The first-order valence-corrected chi connectivity index (χ1v) is 8.63. The van der Waals surface area contributed by atoms with E-state index in [1.54, 1.807) is 0 Å². The average Bonchev–Trinajstić information content (AvgIpc) is 2.35. The summed E-state index contributed by atoms with van der Waals surface area (Å²) in [5.41, 5.74) is 0. The number of unbranched alkanes of at least 4 members (excludes halogenated alkanes) is 5. The predicted molar refractivity (Wildman–Crippen MR) is 95.3 cm³/mol. The van der Waals surface area contributed by atoms with Crippen molar-refractivity contribution in [1.29, 1.82) is 0 Å². The van der Waals surface area contributed by atoms with Crippen LogP contribution in [0.1, 0.15) is 107 Å². The Hall–Kier alpha value is -0.0400. The second-order valence-corrected chi connectivity index (χ2v) is 6.55. The topological polar surface area (TPSA) is 20.2 Å². The van der Waals surface area contributed by atoms with E-state index in [-0.39, 0.29) is 13.5 Å². The normalized spacial score (nSPS) is 11.8. The van der Waals surface area contributed by atoms with Gasteiger partial charge >= 0.3 is 0 Å². The Bertz CT molecular complexity index is 152. The third kappa shape index (κ3) is 23.1. The van der Waals surface area contributed by atoms with E-state index in [4.69, 9.17) is 0 Å². The molecule has 0 radical (unpaired) electrons. The van der Waals surface area contributed by atoms with Gasteiger partial charge in [-0.1, -0.05) is 100 Å². The minimum Gasteiger partial charge on any atom is -0.393 e. The molecule has 0 saturated heterocycles. The molecule has 0 spiro atoms. The maximum absolute atomic E-state index is 9.35. The van der Waals surface area contributed by atoms with Gasteiger partial charge in [0.05, 0.1) is 6.10 Å². The van der Waals surface area contributed by atoms with Crippen molar-refractivity contribution in [1.82, 2.24) is 0 Å². The van der Waals surface area contributed by atoms with Gasteiger partial charge in [-0.15, -0.1) is 0 Å². The van der Waals surface area contributed by atoms with Gasteiger partial charge in [0, 0.05) is 0 Å². The fourth-order valence-electron chi connectivity index (χ4n) is 1.92. The molecule has 0 heterocycles. The number of aliphatic hydroxyl groups excluding tert-OH is 1. The van der Waals surface area contributed by atoms with Crippen LogP contribution in [0.5, 0.6) is 0 Å². The molecule has 0 saturated carbocycles. The highest BCUT2D eigenvalue weighted by Crippen LogP contribution is 2.10. The first-order chi connectivity index (χ1) is 8.95. The molecule has 1 unspecified atom stereocenters. The van der Waals surface area contributed by atoms with Crippen molar-refractivity contribution in [2.24, 2.45) is 11.8 Å². The van der Waals surface area contributed by atoms with Gasteiger partial charge in [0.25, 0.3) is 0 Å². The summed E-state index contributed by atoms with van der Waals surface area (Å²) in [5, 5.41) is 9.35. The standard InChI is InChI=1S/C9H20O.C9H20.CH4/c1-4-5-6-7-9(10)8(2)3;1-4-5-6-7-8-9(2)3;/h8-10H,4-7H2,1-3H3;9H,4-8H2,1-3H3;1H4. The number of rotatable bonds is 10. The molecule has 1 heteroatoms. The van der Waals surface area contributed by atoms with Gasteiger partial charge in [-0.3, -0.25) is 0 Å². The van der Waals surface area contributed by atoms with E-state index >= 15 is 0 Å². The summed E-state index contributed by atoms with van der Waals surface area (Å²) in [4.78, 5) is 0. The molecule has 1 atom stereocenters. The van der Waals surface area contributed by atoms with Gasteiger partial charge in [0.1, 0.15) is 0 Å². The van der Waals surface area contributed by atoms with Crippen molar-refractivity contribution >= 4 is 0 Å². The molecule has 0 fully saturated rings. The molecule has 1 N–H and O–H groups in total. The summed E-state index contributed by atoms with van der Waals surface area (Å²) >= 11 is 0. The molecule has 20 heavy (non-hydrogen) atoms. The highest BCUT2D eigenvalue weighted by molar-refractivity contribution is 4.58. The third-order valence-electron chi connectivity index (χ3n) is 3.51. The van der Waals surface area contributed by atoms with Crippen LogP contribution in [0.3, 0.4) is 0 Å². The summed E-state index contributed by atoms with van der Waals surface area (Å²) in [7, 11) is 0. The SMILES string of the molecule is C.CCCCCC(O)C(C)C.CCCCCCC(C)C. The van der Waals surface area contributed by atoms with Crippen LogP contribution in [0.15, 0.2) is 0 Å². The summed E-state index contributed by atoms with van der Waals surface area (Å²) in [6.07, 6.45) is 11.6. The van der Waals surface area contributed by atoms with Crippen LogP contribution in [0, 0.1) is 11.8 Å². The van der Waals surface area contributed by atoms with Crippen LogP contribution < -0.4 is 0 Å². The van der Waals surface area contributed by atoms with Crippen LogP contribution >= 0.6 is 0 Å². The quantitative estimate of drug-likeness (QED) is 0.437. The van der Waals surface area contributed by atoms with Gasteiger partial charge in [-0.2, -0.15) is 0 Å². The lowest BCUT2D eigenvalue weighted by Crippen LogP contribution is -2.13. The summed E-state index contributed by atoms with van der Waals surface area (Å²) < 4.78 is 0. The molecule has 0 aromatic rings. The fourth-order valence-corrected chi connectivity index (χ4v) is 1.92. The van der Waals surface area contributed by atoms with Gasteiger partial charge in [-0.25, -0.2) is 0 Å². The smallest absolute Gasteiger partial charge is 0.0563 e. The Morgan fingerprint density at radius 3 is 1.55 bits per heavy atom. The van der Waals surface area contributed by atoms with E-state index in [0.29, 0.717) is 5.92 Å². The van der Waals surface area contributed by atoms with Crippen LogP contribution in [0.2, 0.25) is 0 Å². The van der Waals surface area contributed by atoms with Crippen LogP contribution in [0.4, 0.5) is 0 Å². The lowest BCUT2D eigenvalue weighted by Gasteiger charge is -2.13. The molecule has 0 aliphatic rings. The number of aliphatic hydroxyl groups is 1. The molecule has 0 amide bonds. The predicted octanol–water partition coefficient (Wildman–Crippen LogP) is 6.83. The molecule has 0 bridgehead atoms. The highest BCUT2D eigenvalue weighted by Gasteiger charge is 2.06. The van der Waals surface area contributed by atoms with Crippen molar-refractivity contribution in [3.8, 4) is 0 Å². The van der Waals surface area contributed by atoms with E-state index in [0.717, 1.165) is 12.3 Å². The molecule has 126 valence electrons. The van der Waals surface area contributed by atoms with Crippen molar-refractivity contribution in [3.05, 3.63) is 0 Å². The summed E-state index contributed by atoms with van der Waals surface area (Å²) in [5.74, 6) is 1.33. The summed E-state index contributed by atoms with van der Waals surface area (Å²) in [6, 6.07) is 0. The Kier molecular flexibility index (Phi) is 23.6. The molecule has 0 aromatic carbocycles. The van der Waals surface area contributed by atoms with Crippen LogP contribution in [-0.4, -0.2) is 11.2 Å². The molecule has 0 aliphatic carbocycles. The van der Waals surface area contributed by atoms with Crippen molar-refractivity contribution in [2.45, 2.75) is 113 Å². The van der Waals surface area contributed by atoms with Gasteiger partial charge in [-0.05, 0) is 18.3 Å². The van der Waals surface area contributed by atoms with E-state index < -0.39 is 0 Å². The van der Waals surface area contributed by atoms with Gasteiger partial charge < -0.3 is 5.11 Å². The van der Waals surface area contributed by atoms with Crippen molar-refractivity contribution in [2.75, 3.05) is 0 Å². The number of hydrogen-bond donors (Lipinski definition) is 1. The average molecular weight is 289 g/mol. The van der Waals surface area contributed by atoms with Crippen LogP contribution in [0.25, 0.3) is 0 Å². The largest absolute Gasteiger partial charge is 0.393 e. The number of hydrogen-bond acceptors (Lipinski definition) is 1. The molecule has 0 aromatic heterocycles. The van der Waals surface area contributed by atoms with E-state index in [2.05, 4.69) is 41.5 Å². The zero-order valence-corrected chi connectivity index (χ0v) is 14.5. The molecule has 0 aliphatic heterocycles. The highest BCUT2D eigenvalue weighted by atomic mass is 16.3. The van der Waals surface area contributed by atoms with Gasteiger partial charge in [0.15, 0.2) is 0 Å². The lowest BCUT2D eigenvalue weighted by atomic mass is 10.0. The Morgan fingerprint density at radius 1 is 0.700 bits per heavy atom. The summed E-state index contributed by atoms with van der Waals surface area (Å²) in [6.45, 7) is 13.2. The van der Waals surface area contributed by atoms with Gasteiger partial charge in [0.2, 0.25) is 0 Å². The first-order valence-electron chi connectivity index (χ1n) is 8.63. The van der Waals surface area contributed by atoms with Crippen LogP contribution in [-0.2, 0) is 0 Å². The van der Waals surface area contributed by atoms with E-state index in [1.165, 1.54) is 51.4 Å². The van der Waals surface area contributed by atoms with Crippen molar-refractivity contribution < 1.29 is 5.11 Å². The minimum atomic E-state index is -0.0773.